The Balaban J connectivity index is 0.00000108. The van der Waals surface area contributed by atoms with Gasteiger partial charge in [0.05, 0.1) is 0 Å². The molecule has 0 unspecified atom stereocenters. The zero-order valence-corrected chi connectivity index (χ0v) is 13.1. The molecule has 0 spiro atoms. The molecule has 0 aliphatic heterocycles. The summed E-state index contributed by atoms with van der Waals surface area (Å²) in [5.74, 6) is 0. The molecule has 3 aromatic rings. The van der Waals surface area contributed by atoms with E-state index in [1.807, 2.05) is 6.08 Å². The second kappa shape index (κ2) is 5.47. The first-order valence-corrected chi connectivity index (χ1v) is 5.43. The van der Waals surface area contributed by atoms with Gasteiger partial charge in [0.25, 0.3) is 0 Å². The Morgan fingerprint density at radius 2 is 1.47 bits per heavy atom. The van der Waals surface area contributed by atoms with Gasteiger partial charge in [0.2, 0.25) is 0 Å². The third-order valence-corrected chi connectivity index (χ3v) is 3.04. The maximum atomic E-state index is 3.86. The van der Waals surface area contributed by atoms with E-state index in [1.54, 1.807) is 0 Å². The molecule has 0 saturated carbocycles. The molecule has 77 valence electrons. The number of benzene rings is 3. The van der Waals surface area contributed by atoms with Crippen LogP contribution in [0.5, 0.6) is 0 Å². The van der Waals surface area contributed by atoms with Crippen molar-refractivity contribution < 1.29 is 0 Å². The van der Waals surface area contributed by atoms with Crippen molar-refractivity contribution in [1.29, 1.82) is 0 Å². The summed E-state index contributed by atoms with van der Waals surface area (Å²) in [6.45, 7) is 3.86. The van der Waals surface area contributed by atoms with Crippen molar-refractivity contribution in [3.63, 3.8) is 0 Å². The van der Waals surface area contributed by atoms with Crippen LogP contribution < -0.4 is 0 Å². The molecule has 3 aromatic carbocycles. The predicted molar refractivity (Wildman–Crippen MR) is 77.3 cm³/mol. The van der Waals surface area contributed by atoms with E-state index < -0.39 is 0 Å². The Labute approximate surface area is 144 Å². The quantitative estimate of drug-likeness (QED) is 0.442. The molecule has 0 heterocycles. The predicted octanol–water partition coefficient (Wildman–Crippen LogP) is 4.26. The van der Waals surface area contributed by atoms with Crippen LogP contribution in [0.3, 0.4) is 0 Å². The SMILES string of the molecule is C=Cc1cccc2c1ccc1ccccc12.[K]. The van der Waals surface area contributed by atoms with Crippen molar-refractivity contribution in [3.8, 4) is 0 Å². The molecule has 0 fully saturated rings. The normalized spacial score (nSPS) is 10.1. The molecule has 1 heteroatoms. The van der Waals surface area contributed by atoms with Gasteiger partial charge in [-0.2, -0.15) is 0 Å². The van der Waals surface area contributed by atoms with Gasteiger partial charge in [-0.1, -0.05) is 67.3 Å². The van der Waals surface area contributed by atoms with Crippen molar-refractivity contribution in [2.75, 3.05) is 0 Å². The number of rotatable bonds is 1. The molecule has 0 saturated heterocycles. The van der Waals surface area contributed by atoms with Crippen molar-refractivity contribution in [3.05, 3.63) is 66.7 Å². The van der Waals surface area contributed by atoms with Crippen LogP contribution in [0.4, 0.5) is 0 Å². The third-order valence-electron chi connectivity index (χ3n) is 3.04. The van der Waals surface area contributed by atoms with Gasteiger partial charge in [-0.15, -0.1) is 0 Å². The van der Waals surface area contributed by atoms with Crippen LogP contribution in [0.2, 0.25) is 0 Å². The minimum atomic E-state index is 0. The first-order chi connectivity index (χ1) is 7.90. The Morgan fingerprint density at radius 1 is 0.706 bits per heavy atom. The van der Waals surface area contributed by atoms with Gasteiger partial charge < -0.3 is 0 Å². The van der Waals surface area contributed by atoms with Crippen molar-refractivity contribution in [2.45, 2.75) is 0 Å². The minimum Gasteiger partial charge on any atom is -0.0984 e. The van der Waals surface area contributed by atoms with E-state index in [0.29, 0.717) is 0 Å². The van der Waals surface area contributed by atoms with E-state index in [-0.39, 0.29) is 51.4 Å². The summed E-state index contributed by atoms with van der Waals surface area (Å²) in [5.41, 5.74) is 1.20. The Morgan fingerprint density at radius 3 is 2.29 bits per heavy atom. The van der Waals surface area contributed by atoms with E-state index in [0.717, 1.165) is 0 Å². The third kappa shape index (κ3) is 2.26. The number of hydrogen-bond acceptors (Lipinski definition) is 0. The van der Waals surface area contributed by atoms with Gasteiger partial charge in [0, 0.05) is 51.4 Å². The van der Waals surface area contributed by atoms with E-state index in [4.69, 9.17) is 0 Å². The van der Waals surface area contributed by atoms with Gasteiger partial charge in [-0.25, -0.2) is 0 Å². The molecule has 3 rings (SSSR count). The van der Waals surface area contributed by atoms with Gasteiger partial charge >= 0.3 is 0 Å². The second-order valence-electron chi connectivity index (χ2n) is 3.93. The smallest absolute Gasteiger partial charge is 0 e. The van der Waals surface area contributed by atoms with E-state index >= 15 is 0 Å². The maximum Gasteiger partial charge on any atom is 0 e. The van der Waals surface area contributed by atoms with Gasteiger partial charge in [-0.05, 0) is 27.1 Å². The summed E-state index contributed by atoms with van der Waals surface area (Å²) >= 11 is 0. The second-order valence-corrected chi connectivity index (χ2v) is 3.93. The first kappa shape index (κ1) is 13.0. The Bertz CT molecular complexity index is 683. The number of fused-ring (bicyclic) bond motifs is 3. The average molecular weight is 243 g/mol. The van der Waals surface area contributed by atoms with E-state index in [9.17, 15) is 0 Å². The fourth-order valence-electron chi connectivity index (χ4n) is 2.24. The summed E-state index contributed by atoms with van der Waals surface area (Å²) in [7, 11) is 0. The molecule has 17 heavy (non-hydrogen) atoms. The molecular weight excluding hydrogens is 231 g/mol. The van der Waals surface area contributed by atoms with Crippen molar-refractivity contribution in [2.24, 2.45) is 0 Å². The van der Waals surface area contributed by atoms with Crippen LogP contribution in [0, 0.1) is 0 Å². The molecule has 0 atom stereocenters. The molecule has 0 aliphatic rings. The molecule has 0 aliphatic carbocycles. The average Bonchev–Trinajstić information content (AvgIpc) is 2.37. The minimum absolute atomic E-state index is 0. The fraction of sp³-hybridized carbons (Fsp3) is 0. The molecule has 0 aromatic heterocycles. The largest absolute Gasteiger partial charge is 0.0984 e. The zero-order chi connectivity index (χ0) is 11.0. The zero-order valence-electron chi connectivity index (χ0n) is 9.98. The van der Waals surface area contributed by atoms with Crippen LogP contribution in [-0.2, 0) is 0 Å². The summed E-state index contributed by atoms with van der Waals surface area (Å²) in [5, 5.41) is 5.17. The molecule has 0 bridgehead atoms. The maximum absolute atomic E-state index is 3.86. The van der Waals surface area contributed by atoms with Crippen molar-refractivity contribution >= 4 is 79.0 Å². The Kier molecular flexibility index (Phi) is 4.18. The fourth-order valence-corrected chi connectivity index (χ4v) is 2.24. The molecule has 0 amide bonds. The van der Waals surface area contributed by atoms with Crippen molar-refractivity contribution in [1.82, 2.24) is 0 Å². The molecule has 0 N–H and O–H groups in total. The van der Waals surface area contributed by atoms with Crippen LogP contribution in [0.1, 0.15) is 5.56 Å². The first-order valence-electron chi connectivity index (χ1n) is 5.43. The van der Waals surface area contributed by atoms with Gasteiger partial charge in [-0.3, -0.25) is 0 Å². The van der Waals surface area contributed by atoms with E-state index in [1.165, 1.54) is 27.1 Å². The Hall–Kier alpha value is -0.444. The van der Waals surface area contributed by atoms with Gasteiger partial charge in [0.15, 0.2) is 0 Å². The summed E-state index contributed by atoms with van der Waals surface area (Å²) in [6, 6.07) is 19.2. The molecule has 0 nitrogen and oxygen atoms in total. The van der Waals surface area contributed by atoms with Crippen LogP contribution in [-0.4, -0.2) is 51.4 Å². The summed E-state index contributed by atoms with van der Waals surface area (Å²) < 4.78 is 0. The number of hydrogen-bond donors (Lipinski definition) is 0. The summed E-state index contributed by atoms with van der Waals surface area (Å²) in [4.78, 5) is 0. The standard InChI is InChI=1S/C16H12.K/c1-2-12-7-5-9-16-14-8-4-3-6-13(14)10-11-15(12)16;/h2-11H,1H2;. The van der Waals surface area contributed by atoms with Crippen LogP contribution in [0.25, 0.3) is 27.6 Å². The van der Waals surface area contributed by atoms with Gasteiger partial charge in [0.1, 0.15) is 0 Å². The van der Waals surface area contributed by atoms with E-state index in [2.05, 4.69) is 61.2 Å². The topological polar surface area (TPSA) is 0 Å². The van der Waals surface area contributed by atoms with Crippen LogP contribution >= 0.6 is 0 Å². The molecule has 1 radical (unpaired) electrons. The monoisotopic (exact) mass is 243 g/mol. The molecular formula is C16H12K. The summed E-state index contributed by atoms with van der Waals surface area (Å²) in [6.07, 6.45) is 1.91. The van der Waals surface area contributed by atoms with Crippen LogP contribution in [0.15, 0.2) is 61.2 Å².